The van der Waals surface area contributed by atoms with E-state index in [0.29, 0.717) is 23.2 Å². The minimum Gasteiger partial charge on any atom is -0.360 e. The number of aryl methyl sites for hydroxylation is 2. The van der Waals surface area contributed by atoms with E-state index in [-0.39, 0.29) is 18.0 Å². The van der Waals surface area contributed by atoms with Crippen LogP contribution in [0.2, 0.25) is 0 Å². The molecule has 3 heterocycles. The second kappa shape index (κ2) is 10.0. The van der Waals surface area contributed by atoms with Crippen molar-refractivity contribution in [2.45, 2.75) is 73.0 Å². The van der Waals surface area contributed by atoms with Gasteiger partial charge in [0.1, 0.15) is 0 Å². The largest absolute Gasteiger partial charge is 0.360 e. The average molecular weight is 445 g/mol. The number of hydrogen-bond donors (Lipinski definition) is 2. The number of pyridine rings is 1. The van der Waals surface area contributed by atoms with Crippen molar-refractivity contribution < 1.29 is 4.79 Å². The molecule has 1 aliphatic heterocycles. The fourth-order valence-corrected chi connectivity index (χ4v) is 5.77. The Bertz CT molecular complexity index is 970. The molecule has 0 aromatic carbocycles. The van der Waals surface area contributed by atoms with E-state index in [1.54, 1.807) is 11.3 Å². The zero-order valence-corrected chi connectivity index (χ0v) is 20.5. The van der Waals surface area contributed by atoms with E-state index in [4.69, 9.17) is 0 Å². The third-order valence-electron chi connectivity index (χ3n) is 6.45. The highest BCUT2D eigenvalue weighted by molar-refractivity contribution is 7.14. The van der Waals surface area contributed by atoms with Crippen LogP contribution >= 0.6 is 11.3 Å². The summed E-state index contributed by atoms with van der Waals surface area (Å²) in [7, 11) is 0. The van der Waals surface area contributed by atoms with Gasteiger partial charge in [0, 0.05) is 54.9 Å². The topological polar surface area (TPSA) is 68.4 Å². The number of nitrogens with one attached hydrogen (secondary N) is 2. The summed E-state index contributed by atoms with van der Waals surface area (Å²) in [6, 6.07) is 3.04. The molecule has 0 atom stereocenters. The molecule has 0 spiro atoms. The first kappa shape index (κ1) is 23.5. The minimum absolute atomic E-state index is 0.120. The van der Waals surface area contributed by atoms with Crippen molar-refractivity contribution in [3.8, 4) is 0 Å². The van der Waals surface area contributed by atoms with Gasteiger partial charge in [0.25, 0.3) is 11.5 Å². The van der Waals surface area contributed by atoms with E-state index in [2.05, 4.69) is 40.9 Å². The van der Waals surface area contributed by atoms with Crippen LogP contribution in [-0.4, -0.2) is 47.5 Å². The van der Waals surface area contributed by atoms with Gasteiger partial charge in [0.05, 0.1) is 10.6 Å². The molecule has 0 radical (unpaired) electrons. The normalized spacial score (nSPS) is 15.5. The van der Waals surface area contributed by atoms with Crippen LogP contribution in [0.4, 0.5) is 5.00 Å². The number of hydrogen-bond acceptors (Lipinski definition) is 5. The number of rotatable bonds is 7. The van der Waals surface area contributed by atoms with E-state index in [1.165, 1.54) is 5.00 Å². The lowest BCUT2D eigenvalue weighted by Gasteiger charge is -2.40. The van der Waals surface area contributed by atoms with Gasteiger partial charge in [-0.1, -0.05) is 0 Å². The van der Waals surface area contributed by atoms with Crippen molar-refractivity contribution in [3.63, 3.8) is 0 Å². The first-order valence-electron chi connectivity index (χ1n) is 11.3. The van der Waals surface area contributed by atoms with Gasteiger partial charge >= 0.3 is 0 Å². The summed E-state index contributed by atoms with van der Waals surface area (Å²) in [6.07, 6.45) is 2.31. The molecule has 170 valence electrons. The maximum atomic E-state index is 12.9. The molecule has 2 aromatic heterocycles. The van der Waals surface area contributed by atoms with Crippen LogP contribution in [0.3, 0.4) is 0 Å². The lowest BCUT2D eigenvalue weighted by molar-refractivity contribution is 0.0950. The molecule has 6 nitrogen and oxygen atoms in total. The van der Waals surface area contributed by atoms with Gasteiger partial charge in [0.15, 0.2) is 0 Å². The Morgan fingerprint density at radius 2 is 1.97 bits per heavy atom. The zero-order valence-electron chi connectivity index (χ0n) is 19.7. The summed E-state index contributed by atoms with van der Waals surface area (Å²) in [6.45, 7) is 15.9. The number of anilines is 1. The number of H-pyrrole nitrogens is 1. The SMILES string of the molecule is CCN(c1scc(C(=O)NCc2c(C)cc(C)[nH]c2=O)c1C)C1CCN(C(C)C)CC1. The van der Waals surface area contributed by atoms with E-state index in [9.17, 15) is 9.59 Å². The number of thiophene rings is 1. The number of carbonyl (C=O) groups is 1. The van der Waals surface area contributed by atoms with Crippen LogP contribution in [0, 0.1) is 20.8 Å². The Labute approximate surface area is 189 Å². The molecule has 0 unspecified atom stereocenters. The fraction of sp³-hybridized carbons (Fsp3) is 0.583. The molecule has 7 heteroatoms. The van der Waals surface area contributed by atoms with Crippen LogP contribution in [-0.2, 0) is 6.54 Å². The summed E-state index contributed by atoms with van der Waals surface area (Å²) in [5, 5.41) is 6.10. The molecular formula is C24H36N4O2S. The minimum atomic E-state index is -0.134. The van der Waals surface area contributed by atoms with Gasteiger partial charge in [-0.05, 0) is 71.6 Å². The molecule has 1 saturated heterocycles. The predicted octanol–water partition coefficient (Wildman–Crippen LogP) is 3.99. The van der Waals surface area contributed by atoms with Gasteiger partial charge in [-0.3, -0.25) is 9.59 Å². The van der Waals surface area contributed by atoms with Crippen LogP contribution in [0.5, 0.6) is 0 Å². The van der Waals surface area contributed by atoms with Crippen molar-refractivity contribution in [2.75, 3.05) is 24.5 Å². The predicted molar refractivity (Wildman–Crippen MR) is 130 cm³/mol. The second-order valence-corrected chi connectivity index (χ2v) is 9.71. The Morgan fingerprint density at radius 1 is 1.29 bits per heavy atom. The molecule has 2 aromatic rings. The third-order valence-corrected chi connectivity index (χ3v) is 7.57. The van der Waals surface area contributed by atoms with Crippen LogP contribution in [0.25, 0.3) is 0 Å². The zero-order chi connectivity index (χ0) is 22.7. The summed E-state index contributed by atoms with van der Waals surface area (Å²) in [4.78, 5) is 33.0. The molecular weight excluding hydrogens is 408 g/mol. The maximum Gasteiger partial charge on any atom is 0.253 e. The summed E-state index contributed by atoms with van der Waals surface area (Å²) in [5.41, 5.74) is 3.94. The summed E-state index contributed by atoms with van der Waals surface area (Å²) < 4.78 is 0. The van der Waals surface area contributed by atoms with Crippen molar-refractivity contribution in [1.29, 1.82) is 0 Å². The van der Waals surface area contributed by atoms with Gasteiger partial charge < -0.3 is 20.1 Å². The number of likely N-dealkylation sites (tertiary alicyclic amines) is 1. The number of piperidine rings is 1. The van der Waals surface area contributed by atoms with Crippen molar-refractivity contribution in [1.82, 2.24) is 15.2 Å². The Morgan fingerprint density at radius 3 is 2.55 bits per heavy atom. The standard InChI is InChI=1S/C24H36N4O2S/c1-7-28(19-8-10-27(11-9-19)15(2)3)24-18(6)21(14-31-24)22(29)25-13-20-16(4)12-17(5)26-23(20)30/h12,14-15,19H,7-11,13H2,1-6H3,(H,25,29)(H,26,30). The van der Waals surface area contributed by atoms with Crippen LogP contribution in [0.1, 0.15) is 66.4 Å². The van der Waals surface area contributed by atoms with Crippen LogP contribution in [0.15, 0.2) is 16.2 Å². The summed E-state index contributed by atoms with van der Waals surface area (Å²) in [5.74, 6) is -0.120. The molecule has 0 bridgehead atoms. The quantitative estimate of drug-likeness (QED) is 0.678. The molecule has 1 fully saturated rings. The lowest BCUT2D eigenvalue weighted by Crippen LogP contribution is -2.47. The molecule has 0 saturated carbocycles. The highest BCUT2D eigenvalue weighted by Crippen LogP contribution is 2.34. The van der Waals surface area contributed by atoms with E-state index in [0.717, 1.165) is 49.3 Å². The Balaban J connectivity index is 1.70. The van der Waals surface area contributed by atoms with Crippen molar-refractivity contribution >= 4 is 22.2 Å². The van der Waals surface area contributed by atoms with E-state index >= 15 is 0 Å². The van der Waals surface area contributed by atoms with Gasteiger partial charge in [-0.15, -0.1) is 11.3 Å². The number of aromatic nitrogens is 1. The fourth-order valence-electron chi connectivity index (χ4n) is 4.56. The van der Waals surface area contributed by atoms with Gasteiger partial charge in [-0.2, -0.15) is 0 Å². The number of aromatic amines is 1. The van der Waals surface area contributed by atoms with Crippen LogP contribution < -0.4 is 15.8 Å². The average Bonchev–Trinajstić information content (AvgIpc) is 3.09. The van der Waals surface area contributed by atoms with Crippen molar-refractivity contribution in [2.24, 2.45) is 0 Å². The molecule has 2 N–H and O–H groups in total. The molecule has 31 heavy (non-hydrogen) atoms. The number of carbonyl (C=O) groups excluding carboxylic acids is 1. The molecule has 1 aliphatic rings. The summed E-state index contributed by atoms with van der Waals surface area (Å²) >= 11 is 1.65. The molecule has 3 rings (SSSR count). The Hall–Kier alpha value is -2.12. The first-order valence-corrected chi connectivity index (χ1v) is 12.2. The maximum absolute atomic E-state index is 12.9. The van der Waals surface area contributed by atoms with E-state index in [1.807, 2.05) is 32.2 Å². The smallest absolute Gasteiger partial charge is 0.253 e. The van der Waals surface area contributed by atoms with Gasteiger partial charge in [0.2, 0.25) is 0 Å². The second-order valence-electron chi connectivity index (χ2n) is 8.85. The third kappa shape index (κ3) is 5.21. The van der Waals surface area contributed by atoms with E-state index < -0.39 is 0 Å². The number of nitrogens with zero attached hydrogens (tertiary/aromatic N) is 2. The van der Waals surface area contributed by atoms with Crippen molar-refractivity contribution in [3.05, 3.63) is 49.7 Å². The monoisotopic (exact) mass is 444 g/mol. The highest BCUT2D eigenvalue weighted by atomic mass is 32.1. The molecule has 1 amide bonds. The highest BCUT2D eigenvalue weighted by Gasteiger charge is 2.28. The first-order chi connectivity index (χ1) is 14.7. The molecule has 0 aliphatic carbocycles. The van der Waals surface area contributed by atoms with Gasteiger partial charge in [-0.25, -0.2) is 0 Å². The lowest BCUT2D eigenvalue weighted by atomic mass is 10.0. The Kier molecular flexibility index (Phi) is 7.59. The number of amides is 1.